The van der Waals surface area contributed by atoms with Crippen LogP contribution in [0.25, 0.3) is 0 Å². The van der Waals surface area contributed by atoms with Gasteiger partial charge in [0.2, 0.25) is 0 Å². The van der Waals surface area contributed by atoms with Gasteiger partial charge in [0.25, 0.3) is 0 Å². The van der Waals surface area contributed by atoms with Gasteiger partial charge in [-0.25, -0.2) is 0 Å². The first-order chi connectivity index (χ1) is 8.19. The normalized spacial score (nSPS) is 15.2. The van der Waals surface area contributed by atoms with Crippen LogP contribution in [0.3, 0.4) is 0 Å². The van der Waals surface area contributed by atoms with Gasteiger partial charge in [-0.2, -0.15) is 0 Å². The predicted octanol–water partition coefficient (Wildman–Crippen LogP) is 3.20. The van der Waals surface area contributed by atoms with Crippen LogP contribution in [0, 0.1) is 12.3 Å². The molecule has 17 heavy (non-hydrogen) atoms. The van der Waals surface area contributed by atoms with Crippen LogP contribution >= 0.6 is 0 Å². The molecule has 0 aliphatic rings. The van der Waals surface area contributed by atoms with E-state index >= 15 is 0 Å². The maximum atomic E-state index is 10.6. The Hall–Kier alpha value is -2.04. The van der Waals surface area contributed by atoms with Crippen molar-refractivity contribution < 1.29 is 5.11 Å². The van der Waals surface area contributed by atoms with E-state index in [1.807, 2.05) is 37.3 Å². The summed E-state index contributed by atoms with van der Waals surface area (Å²) in [6, 6.07) is 9.20. The van der Waals surface area contributed by atoms with Gasteiger partial charge in [-0.3, -0.25) is 0 Å². The van der Waals surface area contributed by atoms with Crippen molar-refractivity contribution in [3.8, 4) is 12.3 Å². The van der Waals surface area contributed by atoms with E-state index < -0.39 is 5.60 Å². The molecule has 1 heteroatoms. The molecule has 0 aliphatic carbocycles. The van der Waals surface area contributed by atoms with Gasteiger partial charge in [0.1, 0.15) is 0 Å². The molecule has 0 fully saturated rings. The molecule has 1 atom stereocenters. The smallest absolute Gasteiger partial charge is 0.176 e. The maximum absolute atomic E-state index is 10.6. The lowest BCUT2D eigenvalue weighted by Crippen LogP contribution is -2.25. The molecule has 0 amide bonds. The Morgan fingerprint density at radius 1 is 1.41 bits per heavy atom. The largest absolute Gasteiger partial charge is 0.369 e. The van der Waals surface area contributed by atoms with Crippen molar-refractivity contribution >= 4 is 0 Å². The molecule has 1 aromatic carbocycles. The summed E-state index contributed by atoms with van der Waals surface area (Å²) in [6.45, 7) is 5.44. The van der Waals surface area contributed by atoms with E-state index in [2.05, 4.69) is 12.5 Å². The molecule has 1 unspecified atom stereocenters. The highest BCUT2D eigenvalue weighted by Crippen LogP contribution is 2.29. The zero-order valence-electron chi connectivity index (χ0n) is 9.93. The van der Waals surface area contributed by atoms with Crippen LogP contribution in [-0.2, 0) is 5.60 Å². The molecule has 1 nitrogen and oxygen atoms in total. The Balaban J connectivity index is 3.26. The summed E-state index contributed by atoms with van der Waals surface area (Å²) in [5.74, 6) is 2.46. The van der Waals surface area contributed by atoms with Crippen LogP contribution in [-0.4, -0.2) is 5.11 Å². The van der Waals surface area contributed by atoms with Crippen molar-refractivity contribution in [2.45, 2.75) is 12.5 Å². The molecule has 0 saturated carbocycles. The summed E-state index contributed by atoms with van der Waals surface area (Å²) in [7, 11) is 0. The average Bonchev–Trinajstić information content (AvgIpc) is 2.40. The highest BCUT2D eigenvalue weighted by atomic mass is 16.3. The van der Waals surface area contributed by atoms with Crippen LogP contribution in [0.2, 0.25) is 0 Å². The monoisotopic (exact) mass is 224 g/mol. The molecule has 0 bridgehead atoms. The standard InChI is InChI=1S/C16H16O/c1-4-7-11-14(5-2)16(17,6-3)15-12-9-8-10-13-15/h3-5,7-13,17H,1H2,2H3/b11-7-,14-5+. The SMILES string of the molecule is C#CC(O)(C(/C=C\C=C)=C/C)c1ccccc1. The molecule has 1 rings (SSSR count). The highest BCUT2D eigenvalue weighted by Gasteiger charge is 2.29. The summed E-state index contributed by atoms with van der Waals surface area (Å²) < 4.78 is 0. The minimum atomic E-state index is -1.39. The second kappa shape index (κ2) is 5.89. The Kier molecular flexibility index (Phi) is 4.51. The van der Waals surface area contributed by atoms with E-state index in [-0.39, 0.29) is 0 Å². The van der Waals surface area contributed by atoms with Gasteiger partial charge in [0.05, 0.1) is 0 Å². The van der Waals surface area contributed by atoms with E-state index in [1.54, 1.807) is 24.3 Å². The summed E-state index contributed by atoms with van der Waals surface area (Å²) in [5, 5.41) is 10.6. The maximum Gasteiger partial charge on any atom is 0.176 e. The van der Waals surface area contributed by atoms with E-state index in [9.17, 15) is 5.11 Å². The second-order valence-electron chi connectivity index (χ2n) is 3.56. The van der Waals surface area contributed by atoms with Gasteiger partial charge in [-0.15, -0.1) is 6.42 Å². The highest BCUT2D eigenvalue weighted by molar-refractivity contribution is 5.46. The number of hydrogen-bond donors (Lipinski definition) is 1. The molecule has 1 N–H and O–H groups in total. The lowest BCUT2D eigenvalue weighted by atomic mass is 9.86. The molecular weight excluding hydrogens is 208 g/mol. The summed E-state index contributed by atoms with van der Waals surface area (Å²) >= 11 is 0. The molecule has 0 spiro atoms. The van der Waals surface area contributed by atoms with E-state index in [4.69, 9.17) is 6.42 Å². The summed E-state index contributed by atoms with van der Waals surface area (Å²) in [5.41, 5.74) is -0.0504. The molecule has 86 valence electrons. The Bertz CT molecular complexity index is 474. The Morgan fingerprint density at radius 2 is 2.06 bits per heavy atom. The van der Waals surface area contributed by atoms with Gasteiger partial charge in [0, 0.05) is 5.56 Å². The fraction of sp³-hybridized carbons (Fsp3) is 0.125. The second-order valence-corrected chi connectivity index (χ2v) is 3.56. The third-order valence-corrected chi connectivity index (χ3v) is 2.54. The number of rotatable bonds is 4. The molecule has 0 aliphatic heterocycles. The van der Waals surface area contributed by atoms with Crippen LogP contribution in [0.4, 0.5) is 0 Å². The molecule has 1 aromatic rings. The quantitative estimate of drug-likeness (QED) is 0.615. The molecule has 0 aromatic heterocycles. The van der Waals surface area contributed by atoms with E-state index in [0.717, 1.165) is 0 Å². The number of benzene rings is 1. The first-order valence-electron chi connectivity index (χ1n) is 5.40. The molecule has 0 heterocycles. The molecule has 0 radical (unpaired) electrons. The third kappa shape index (κ3) is 2.75. The number of aliphatic hydroxyl groups is 1. The summed E-state index contributed by atoms with van der Waals surface area (Å²) in [4.78, 5) is 0. The lowest BCUT2D eigenvalue weighted by Gasteiger charge is -2.24. The van der Waals surface area contributed by atoms with Gasteiger partial charge in [-0.1, -0.05) is 67.1 Å². The molecule has 0 saturated heterocycles. The molecular formula is C16H16O. The van der Waals surface area contributed by atoms with Gasteiger partial charge in [0.15, 0.2) is 5.60 Å². The van der Waals surface area contributed by atoms with Crippen LogP contribution < -0.4 is 0 Å². The average molecular weight is 224 g/mol. The topological polar surface area (TPSA) is 20.2 Å². The Morgan fingerprint density at radius 3 is 2.53 bits per heavy atom. The fourth-order valence-electron chi connectivity index (χ4n) is 1.61. The van der Waals surface area contributed by atoms with Gasteiger partial charge < -0.3 is 5.11 Å². The first-order valence-corrected chi connectivity index (χ1v) is 5.40. The van der Waals surface area contributed by atoms with Gasteiger partial charge >= 0.3 is 0 Å². The van der Waals surface area contributed by atoms with Crippen molar-refractivity contribution in [2.24, 2.45) is 0 Å². The third-order valence-electron chi connectivity index (χ3n) is 2.54. The number of hydrogen-bond acceptors (Lipinski definition) is 1. The van der Waals surface area contributed by atoms with Crippen molar-refractivity contribution in [2.75, 3.05) is 0 Å². The predicted molar refractivity (Wildman–Crippen MR) is 72.3 cm³/mol. The summed E-state index contributed by atoms with van der Waals surface area (Å²) in [6.07, 6.45) is 12.4. The lowest BCUT2D eigenvalue weighted by molar-refractivity contribution is 0.144. The minimum Gasteiger partial charge on any atom is -0.369 e. The number of terminal acetylenes is 1. The zero-order chi connectivity index (χ0) is 12.7. The van der Waals surface area contributed by atoms with Crippen molar-refractivity contribution in [1.82, 2.24) is 0 Å². The Labute approximate surface area is 103 Å². The minimum absolute atomic E-state index is 0.658. The van der Waals surface area contributed by atoms with Crippen molar-refractivity contribution in [3.63, 3.8) is 0 Å². The van der Waals surface area contributed by atoms with Crippen LogP contribution in [0.5, 0.6) is 0 Å². The van der Waals surface area contributed by atoms with Crippen LogP contribution in [0.1, 0.15) is 12.5 Å². The van der Waals surface area contributed by atoms with Gasteiger partial charge in [-0.05, 0) is 12.5 Å². The van der Waals surface area contributed by atoms with E-state index in [1.165, 1.54) is 0 Å². The zero-order valence-corrected chi connectivity index (χ0v) is 9.93. The van der Waals surface area contributed by atoms with Crippen molar-refractivity contribution in [1.29, 1.82) is 0 Å². The van der Waals surface area contributed by atoms with Crippen molar-refractivity contribution in [3.05, 3.63) is 72.4 Å². The fourth-order valence-corrected chi connectivity index (χ4v) is 1.61. The first kappa shape index (κ1) is 13.0. The van der Waals surface area contributed by atoms with E-state index in [0.29, 0.717) is 11.1 Å². The number of allylic oxidation sites excluding steroid dienone is 3. The van der Waals surface area contributed by atoms with Crippen LogP contribution in [0.15, 0.2) is 66.8 Å².